The number of nitrogens with zero attached hydrogens (tertiary/aromatic N) is 1. The Balaban J connectivity index is 1.74. The zero-order valence-electron chi connectivity index (χ0n) is 16.8. The lowest BCUT2D eigenvalue weighted by molar-refractivity contribution is -0.122. The predicted octanol–water partition coefficient (Wildman–Crippen LogP) is 3.31. The van der Waals surface area contributed by atoms with E-state index in [1.807, 2.05) is 0 Å². The topological polar surface area (TPSA) is 97.0 Å². The summed E-state index contributed by atoms with van der Waals surface area (Å²) in [5.41, 5.74) is 1.59. The predicted molar refractivity (Wildman–Crippen MR) is 114 cm³/mol. The van der Waals surface area contributed by atoms with E-state index in [1.54, 1.807) is 36.4 Å². The van der Waals surface area contributed by atoms with Crippen molar-refractivity contribution in [3.05, 3.63) is 41.4 Å². The molecule has 0 saturated carbocycles. The minimum absolute atomic E-state index is 0.0718. The Morgan fingerprint density at radius 2 is 1.83 bits per heavy atom. The number of carbonyl (C=O) groups excluding carboxylic acids is 3. The van der Waals surface area contributed by atoms with E-state index in [2.05, 4.69) is 10.6 Å². The van der Waals surface area contributed by atoms with Crippen LogP contribution in [-0.2, 0) is 14.4 Å². The van der Waals surface area contributed by atoms with E-state index < -0.39 is 5.92 Å². The molecule has 2 aromatic carbocycles. The van der Waals surface area contributed by atoms with E-state index in [9.17, 15) is 14.4 Å². The molecule has 9 heteroatoms. The molecule has 0 bridgehead atoms. The molecular weight excluding hydrogens is 410 g/mol. The number of benzene rings is 2. The lowest BCUT2D eigenvalue weighted by Crippen LogP contribution is -2.28. The van der Waals surface area contributed by atoms with E-state index in [0.29, 0.717) is 33.6 Å². The van der Waals surface area contributed by atoms with Crippen LogP contribution in [0, 0.1) is 5.92 Å². The molecule has 0 radical (unpaired) electrons. The molecule has 0 aliphatic carbocycles. The largest absolute Gasteiger partial charge is 0.495 e. The summed E-state index contributed by atoms with van der Waals surface area (Å²) in [5.74, 6) is -0.420. The van der Waals surface area contributed by atoms with Crippen molar-refractivity contribution in [3.63, 3.8) is 0 Å². The van der Waals surface area contributed by atoms with Gasteiger partial charge in [-0.3, -0.25) is 14.4 Å². The molecule has 158 valence electrons. The highest BCUT2D eigenvalue weighted by molar-refractivity contribution is 6.32. The van der Waals surface area contributed by atoms with Crippen molar-refractivity contribution in [1.82, 2.24) is 0 Å². The van der Waals surface area contributed by atoms with Crippen molar-refractivity contribution in [2.75, 3.05) is 36.3 Å². The molecular formula is C21H22ClN3O5. The molecule has 2 aromatic rings. The van der Waals surface area contributed by atoms with Crippen LogP contribution in [0.15, 0.2) is 36.4 Å². The molecule has 30 heavy (non-hydrogen) atoms. The van der Waals surface area contributed by atoms with Crippen LogP contribution in [0.3, 0.4) is 0 Å². The third-order valence-corrected chi connectivity index (χ3v) is 5.00. The summed E-state index contributed by atoms with van der Waals surface area (Å²) in [6, 6.07) is 10.1. The fourth-order valence-electron chi connectivity index (χ4n) is 3.28. The molecule has 1 fully saturated rings. The molecule has 1 atom stereocenters. The van der Waals surface area contributed by atoms with Gasteiger partial charge in [0.1, 0.15) is 11.5 Å². The number of hydrogen-bond acceptors (Lipinski definition) is 5. The lowest BCUT2D eigenvalue weighted by atomic mass is 10.1. The van der Waals surface area contributed by atoms with Gasteiger partial charge in [-0.05, 0) is 24.3 Å². The zero-order valence-corrected chi connectivity index (χ0v) is 17.6. The van der Waals surface area contributed by atoms with Gasteiger partial charge in [0.25, 0.3) is 0 Å². The van der Waals surface area contributed by atoms with Crippen molar-refractivity contribution in [1.29, 1.82) is 0 Å². The molecule has 3 amide bonds. The van der Waals surface area contributed by atoms with Gasteiger partial charge in [-0.15, -0.1) is 0 Å². The Morgan fingerprint density at radius 3 is 2.50 bits per heavy atom. The molecule has 3 rings (SSSR count). The van der Waals surface area contributed by atoms with E-state index in [4.69, 9.17) is 21.1 Å². The molecule has 0 aromatic heterocycles. The van der Waals surface area contributed by atoms with Crippen LogP contribution in [0.4, 0.5) is 17.1 Å². The van der Waals surface area contributed by atoms with E-state index in [1.165, 1.54) is 26.0 Å². The number of methoxy groups -OCH3 is 2. The quantitative estimate of drug-likeness (QED) is 0.731. The molecule has 0 spiro atoms. The lowest BCUT2D eigenvalue weighted by Gasteiger charge is -2.18. The molecule has 1 heterocycles. The zero-order chi connectivity index (χ0) is 21.8. The molecule has 1 aliphatic rings. The van der Waals surface area contributed by atoms with Crippen LogP contribution in [0.5, 0.6) is 11.5 Å². The average Bonchev–Trinajstić information content (AvgIpc) is 3.10. The maximum atomic E-state index is 12.8. The number of amides is 3. The standard InChI is InChI=1S/C21H22ClN3O5/c1-12(26)23-14-5-4-6-15(8-14)25-11-13(7-20(25)27)21(28)24-17-9-16(22)18(29-2)10-19(17)30-3/h4-6,8-10,13H,7,11H2,1-3H3,(H,23,26)(H,24,28). The van der Waals surface area contributed by atoms with Crippen molar-refractivity contribution < 1.29 is 23.9 Å². The van der Waals surface area contributed by atoms with Gasteiger partial charge >= 0.3 is 0 Å². The number of carbonyl (C=O) groups is 3. The van der Waals surface area contributed by atoms with Crippen molar-refractivity contribution >= 4 is 46.4 Å². The van der Waals surface area contributed by atoms with Crippen LogP contribution in [0.1, 0.15) is 13.3 Å². The SMILES string of the molecule is COc1cc(OC)c(NC(=O)C2CC(=O)N(c3cccc(NC(C)=O)c3)C2)cc1Cl. The van der Waals surface area contributed by atoms with Gasteiger partial charge in [-0.25, -0.2) is 0 Å². The number of hydrogen-bond donors (Lipinski definition) is 2. The number of halogens is 1. The van der Waals surface area contributed by atoms with Gasteiger partial charge < -0.3 is 25.0 Å². The normalized spacial score (nSPS) is 15.7. The van der Waals surface area contributed by atoms with Gasteiger partial charge in [0.2, 0.25) is 17.7 Å². The van der Waals surface area contributed by atoms with Gasteiger partial charge in [0.15, 0.2) is 0 Å². The summed E-state index contributed by atoms with van der Waals surface area (Å²) >= 11 is 6.15. The fraction of sp³-hybridized carbons (Fsp3) is 0.286. The summed E-state index contributed by atoms with van der Waals surface area (Å²) in [7, 11) is 2.96. The van der Waals surface area contributed by atoms with Gasteiger partial charge in [-0.2, -0.15) is 0 Å². The maximum absolute atomic E-state index is 12.8. The Hall–Kier alpha value is -3.26. The second-order valence-corrected chi connectivity index (χ2v) is 7.22. The van der Waals surface area contributed by atoms with E-state index in [0.717, 1.165) is 0 Å². The first-order valence-corrected chi connectivity index (χ1v) is 9.60. The van der Waals surface area contributed by atoms with Crippen LogP contribution < -0.4 is 25.0 Å². The second kappa shape index (κ2) is 9.04. The third-order valence-electron chi connectivity index (χ3n) is 4.71. The summed E-state index contributed by atoms with van der Waals surface area (Å²) in [4.78, 5) is 38.1. The molecule has 2 N–H and O–H groups in total. The first-order valence-electron chi connectivity index (χ1n) is 9.22. The van der Waals surface area contributed by atoms with E-state index >= 15 is 0 Å². The summed E-state index contributed by atoms with van der Waals surface area (Å²) in [6.45, 7) is 1.63. The number of rotatable bonds is 6. The number of ether oxygens (including phenoxy) is 2. The minimum atomic E-state index is -0.549. The van der Waals surface area contributed by atoms with Gasteiger partial charge in [0, 0.05) is 37.3 Å². The first kappa shape index (κ1) is 21.4. The van der Waals surface area contributed by atoms with Crippen molar-refractivity contribution in [2.24, 2.45) is 5.92 Å². The fourth-order valence-corrected chi connectivity index (χ4v) is 3.52. The molecule has 8 nitrogen and oxygen atoms in total. The van der Waals surface area contributed by atoms with Crippen LogP contribution >= 0.6 is 11.6 Å². The van der Waals surface area contributed by atoms with Crippen LogP contribution in [-0.4, -0.2) is 38.5 Å². The van der Waals surface area contributed by atoms with Gasteiger partial charge in [0.05, 0.1) is 30.8 Å². The van der Waals surface area contributed by atoms with Gasteiger partial charge in [-0.1, -0.05) is 17.7 Å². The minimum Gasteiger partial charge on any atom is -0.495 e. The Kier molecular flexibility index (Phi) is 6.47. The Bertz CT molecular complexity index is 995. The summed E-state index contributed by atoms with van der Waals surface area (Å²) in [6.07, 6.45) is 0.0718. The maximum Gasteiger partial charge on any atom is 0.229 e. The Morgan fingerprint density at radius 1 is 1.10 bits per heavy atom. The third kappa shape index (κ3) is 4.65. The van der Waals surface area contributed by atoms with Crippen molar-refractivity contribution in [3.8, 4) is 11.5 Å². The highest BCUT2D eigenvalue weighted by Gasteiger charge is 2.35. The van der Waals surface area contributed by atoms with Crippen LogP contribution in [0.25, 0.3) is 0 Å². The van der Waals surface area contributed by atoms with Crippen LogP contribution in [0.2, 0.25) is 5.02 Å². The highest BCUT2D eigenvalue weighted by atomic mass is 35.5. The van der Waals surface area contributed by atoms with Crippen molar-refractivity contribution in [2.45, 2.75) is 13.3 Å². The highest BCUT2D eigenvalue weighted by Crippen LogP contribution is 2.36. The molecule has 1 unspecified atom stereocenters. The first-order chi connectivity index (χ1) is 14.3. The second-order valence-electron chi connectivity index (χ2n) is 6.81. The summed E-state index contributed by atoms with van der Waals surface area (Å²) in [5, 5.41) is 5.80. The number of anilines is 3. The smallest absolute Gasteiger partial charge is 0.229 e. The number of nitrogens with one attached hydrogen (secondary N) is 2. The monoisotopic (exact) mass is 431 g/mol. The van der Waals surface area contributed by atoms with E-state index in [-0.39, 0.29) is 30.7 Å². The summed E-state index contributed by atoms with van der Waals surface area (Å²) < 4.78 is 10.5. The average molecular weight is 432 g/mol. The Labute approximate surface area is 179 Å². The molecule has 1 saturated heterocycles. The molecule has 1 aliphatic heterocycles.